The zero-order chi connectivity index (χ0) is 9.97. The van der Waals surface area contributed by atoms with Crippen molar-refractivity contribution in [3.8, 4) is 0 Å². The molecule has 0 saturated heterocycles. The monoisotopic (exact) mass is 211 g/mol. The second kappa shape index (κ2) is 4.13. The minimum Gasteiger partial charge on any atom is -0.352 e. The summed E-state index contributed by atoms with van der Waals surface area (Å²) in [5.41, 5.74) is 1.21. The molecule has 0 fully saturated rings. The van der Waals surface area contributed by atoms with E-state index in [1.54, 1.807) is 0 Å². The van der Waals surface area contributed by atoms with Gasteiger partial charge in [-0.05, 0) is 18.0 Å². The lowest BCUT2D eigenvalue weighted by Gasteiger charge is -2.34. The highest BCUT2D eigenvalue weighted by Crippen LogP contribution is 2.30. The Morgan fingerprint density at radius 1 is 1.50 bits per heavy atom. The second-order valence-corrected chi connectivity index (χ2v) is 3.95. The molecule has 0 saturated carbocycles. The smallest absolute Gasteiger partial charge is 0.224 e. The van der Waals surface area contributed by atoms with Gasteiger partial charge in [-0.25, -0.2) is 9.97 Å². The maximum absolute atomic E-state index is 5.73. The highest BCUT2D eigenvalue weighted by Gasteiger charge is 2.24. The third kappa shape index (κ3) is 1.82. The molecule has 1 aromatic rings. The van der Waals surface area contributed by atoms with E-state index >= 15 is 0 Å². The van der Waals surface area contributed by atoms with Crippen LogP contribution in [0.5, 0.6) is 0 Å². The maximum atomic E-state index is 5.73. The van der Waals surface area contributed by atoms with Crippen LogP contribution < -0.4 is 4.90 Å². The molecule has 0 radical (unpaired) electrons. The quantitative estimate of drug-likeness (QED) is 0.567. The highest BCUT2D eigenvalue weighted by atomic mass is 35.5. The van der Waals surface area contributed by atoms with Crippen LogP contribution in [0.25, 0.3) is 0 Å². The number of rotatable bonds is 4. The van der Waals surface area contributed by atoms with Crippen molar-refractivity contribution in [3.63, 3.8) is 0 Å². The van der Waals surface area contributed by atoms with Crippen LogP contribution in [0.15, 0.2) is 6.20 Å². The minimum absolute atomic E-state index is 0.351. The number of halogens is 1. The summed E-state index contributed by atoms with van der Waals surface area (Å²) in [6.45, 7) is 4.29. The normalized spacial score (nSPS) is 13.7. The Kier molecular flexibility index (Phi) is 2.87. The van der Waals surface area contributed by atoms with Gasteiger partial charge in [0.2, 0.25) is 5.28 Å². The standard InChI is InChI=1S/C10H14ClN3/c1-2-3-4-5-14-7-8-6-12-10(11)13-9(8)14/h6H,2-5,7H2,1H3. The molecule has 1 aliphatic rings. The van der Waals surface area contributed by atoms with Crippen LogP contribution in [0.1, 0.15) is 31.7 Å². The van der Waals surface area contributed by atoms with E-state index in [1.165, 1.54) is 24.8 Å². The molecule has 0 aromatic carbocycles. The largest absolute Gasteiger partial charge is 0.352 e. The Balaban J connectivity index is 1.94. The fourth-order valence-corrected chi connectivity index (χ4v) is 1.82. The van der Waals surface area contributed by atoms with Gasteiger partial charge in [0.15, 0.2) is 0 Å². The predicted octanol–water partition coefficient (Wildman–Crippen LogP) is 2.64. The first-order valence-electron chi connectivity index (χ1n) is 5.07. The van der Waals surface area contributed by atoms with Crippen molar-refractivity contribution in [2.24, 2.45) is 0 Å². The molecule has 1 aromatic heterocycles. The van der Waals surface area contributed by atoms with Gasteiger partial charge in [0.25, 0.3) is 0 Å². The molecule has 0 amide bonds. The molecular formula is C10H14ClN3. The molecular weight excluding hydrogens is 198 g/mol. The molecule has 0 atom stereocenters. The summed E-state index contributed by atoms with van der Waals surface area (Å²) in [6, 6.07) is 0. The molecule has 0 N–H and O–H groups in total. The average molecular weight is 212 g/mol. The summed E-state index contributed by atoms with van der Waals surface area (Å²) in [5, 5.41) is 0.351. The van der Waals surface area contributed by atoms with Gasteiger partial charge in [-0.15, -0.1) is 0 Å². The average Bonchev–Trinajstić information content (AvgIpc) is 2.16. The van der Waals surface area contributed by atoms with Crippen molar-refractivity contribution in [2.45, 2.75) is 32.7 Å². The molecule has 0 spiro atoms. The van der Waals surface area contributed by atoms with E-state index in [0.717, 1.165) is 18.9 Å². The van der Waals surface area contributed by atoms with Crippen molar-refractivity contribution in [2.75, 3.05) is 11.4 Å². The third-order valence-electron chi connectivity index (χ3n) is 2.50. The van der Waals surface area contributed by atoms with Crippen molar-refractivity contribution < 1.29 is 0 Å². The van der Waals surface area contributed by atoms with Gasteiger partial charge in [0.05, 0.1) is 0 Å². The van der Waals surface area contributed by atoms with E-state index in [-0.39, 0.29) is 0 Å². The van der Waals surface area contributed by atoms with Crippen LogP contribution in [0.3, 0.4) is 0 Å². The molecule has 3 nitrogen and oxygen atoms in total. The number of anilines is 1. The first kappa shape index (κ1) is 9.71. The van der Waals surface area contributed by atoms with Crippen molar-refractivity contribution in [1.82, 2.24) is 9.97 Å². The number of nitrogens with zero attached hydrogens (tertiary/aromatic N) is 3. The minimum atomic E-state index is 0.351. The Morgan fingerprint density at radius 2 is 2.36 bits per heavy atom. The number of fused-ring (bicyclic) bond motifs is 1. The fourth-order valence-electron chi connectivity index (χ4n) is 1.69. The number of unbranched alkanes of at least 4 members (excludes halogenated alkanes) is 2. The van der Waals surface area contributed by atoms with Gasteiger partial charge in [-0.2, -0.15) is 0 Å². The van der Waals surface area contributed by atoms with E-state index in [4.69, 9.17) is 11.6 Å². The SMILES string of the molecule is CCCCCN1Cc2cnc(Cl)nc21. The van der Waals surface area contributed by atoms with Gasteiger partial charge in [-0.1, -0.05) is 19.8 Å². The van der Waals surface area contributed by atoms with Crippen LogP contribution in [0.2, 0.25) is 5.28 Å². The summed E-state index contributed by atoms with van der Waals surface area (Å²) in [5.74, 6) is 1.03. The molecule has 76 valence electrons. The van der Waals surface area contributed by atoms with Crippen LogP contribution in [-0.2, 0) is 6.54 Å². The molecule has 4 heteroatoms. The van der Waals surface area contributed by atoms with E-state index in [1.807, 2.05) is 6.20 Å². The zero-order valence-electron chi connectivity index (χ0n) is 8.33. The zero-order valence-corrected chi connectivity index (χ0v) is 9.09. The molecule has 1 aliphatic heterocycles. The molecule has 0 aliphatic carbocycles. The lowest BCUT2D eigenvalue weighted by molar-refractivity contribution is 0.635. The van der Waals surface area contributed by atoms with Crippen molar-refractivity contribution >= 4 is 17.4 Å². The van der Waals surface area contributed by atoms with Crippen LogP contribution in [-0.4, -0.2) is 16.5 Å². The highest BCUT2D eigenvalue weighted by molar-refractivity contribution is 6.28. The van der Waals surface area contributed by atoms with E-state index in [2.05, 4.69) is 21.8 Å². The Bertz CT molecular complexity index is 327. The lowest BCUT2D eigenvalue weighted by Crippen LogP contribution is -2.34. The molecule has 2 heterocycles. The summed E-state index contributed by atoms with van der Waals surface area (Å²) in [6.07, 6.45) is 5.59. The number of hydrogen-bond donors (Lipinski definition) is 0. The number of aromatic nitrogens is 2. The lowest BCUT2D eigenvalue weighted by atomic mass is 10.1. The van der Waals surface area contributed by atoms with Crippen molar-refractivity contribution in [3.05, 3.63) is 17.0 Å². The van der Waals surface area contributed by atoms with Crippen LogP contribution in [0.4, 0.5) is 5.82 Å². The molecule has 2 rings (SSSR count). The topological polar surface area (TPSA) is 29.0 Å². The Hall–Kier alpha value is -0.830. The Morgan fingerprint density at radius 3 is 3.14 bits per heavy atom. The van der Waals surface area contributed by atoms with Gasteiger partial charge >= 0.3 is 0 Å². The molecule has 0 bridgehead atoms. The summed E-state index contributed by atoms with van der Waals surface area (Å²) >= 11 is 5.73. The van der Waals surface area contributed by atoms with Gasteiger partial charge in [0, 0.05) is 24.8 Å². The van der Waals surface area contributed by atoms with Gasteiger partial charge in [0.1, 0.15) is 5.82 Å². The van der Waals surface area contributed by atoms with Gasteiger partial charge in [-0.3, -0.25) is 0 Å². The second-order valence-electron chi connectivity index (χ2n) is 3.62. The van der Waals surface area contributed by atoms with Gasteiger partial charge < -0.3 is 4.90 Å². The van der Waals surface area contributed by atoms with E-state index in [9.17, 15) is 0 Å². The molecule has 14 heavy (non-hydrogen) atoms. The van der Waals surface area contributed by atoms with Crippen LogP contribution in [0, 0.1) is 0 Å². The molecule has 0 unspecified atom stereocenters. The fraction of sp³-hybridized carbons (Fsp3) is 0.600. The first-order chi connectivity index (χ1) is 6.81. The van der Waals surface area contributed by atoms with E-state index in [0.29, 0.717) is 5.28 Å². The summed E-state index contributed by atoms with van der Waals surface area (Å²) < 4.78 is 0. The van der Waals surface area contributed by atoms with E-state index < -0.39 is 0 Å². The van der Waals surface area contributed by atoms with Crippen LogP contribution >= 0.6 is 11.6 Å². The predicted molar refractivity (Wildman–Crippen MR) is 57.6 cm³/mol. The summed E-state index contributed by atoms with van der Waals surface area (Å²) in [4.78, 5) is 10.4. The maximum Gasteiger partial charge on any atom is 0.224 e. The first-order valence-corrected chi connectivity index (χ1v) is 5.45. The summed E-state index contributed by atoms with van der Waals surface area (Å²) in [7, 11) is 0. The number of hydrogen-bond acceptors (Lipinski definition) is 3. The van der Waals surface area contributed by atoms with Crippen molar-refractivity contribution in [1.29, 1.82) is 0 Å². The Labute approximate surface area is 89.1 Å². The third-order valence-corrected chi connectivity index (χ3v) is 2.69.